The molecule has 0 amide bonds. The number of carboxylic acid groups (broad SMARTS) is 2. The first-order chi connectivity index (χ1) is 18.7. The summed E-state index contributed by atoms with van der Waals surface area (Å²) in [4.78, 5) is 31.6. The average Bonchev–Trinajstić information content (AvgIpc) is 3.46. The van der Waals surface area contributed by atoms with Crippen LogP contribution in [0.4, 0.5) is 5.69 Å². The largest absolute Gasteiger partial charge is 0.478 e. The summed E-state index contributed by atoms with van der Waals surface area (Å²) >= 11 is 0. The van der Waals surface area contributed by atoms with E-state index in [1.165, 1.54) is 47.1 Å². The van der Waals surface area contributed by atoms with Crippen LogP contribution in [0.3, 0.4) is 0 Å². The summed E-state index contributed by atoms with van der Waals surface area (Å²) in [5.74, 6) is -2.15. The van der Waals surface area contributed by atoms with E-state index in [-0.39, 0.29) is 11.1 Å². The van der Waals surface area contributed by atoms with Crippen LogP contribution in [-0.4, -0.2) is 55.6 Å². The van der Waals surface area contributed by atoms with Gasteiger partial charge in [0.15, 0.2) is 0 Å². The highest BCUT2D eigenvalue weighted by atomic mass is 28.3. The lowest BCUT2D eigenvalue weighted by Gasteiger charge is -2.39. The van der Waals surface area contributed by atoms with Gasteiger partial charge in [0.25, 0.3) is 0 Å². The smallest absolute Gasteiger partial charge is 0.336 e. The van der Waals surface area contributed by atoms with Gasteiger partial charge in [-0.25, -0.2) is 9.59 Å². The Balaban J connectivity index is 1.76. The first kappa shape index (κ1) is 26.9. The molecule has 3 aliphatic rings. The van der Waals surface area contributed by atoms with Gasteiger partial charge in [0.05, 0.1) is 16.8 Å². The lowest BCUT2D eigenvalue weighted by atomic mass is 9.86. The third-order valence-corrected chi connectivity index (χ3v) is 11.7. The molecule has 202 valence electrons. The van der Waals surface area contributed by atoms with Gasteiger partial charge in [-0.1, -0.05) is 45.0 Å². The molecule has 6 nitrogen and oxygen atoms in total. The number of hydrogen-bond donors (Lipinski definition) is 2. The molecule has 1 aliphatic carbocycles. The number of nitrogens with zero attached hydrogens (tertiary/aromatic N) is 2. The fourth-order valence-electron chi connectivity index (χ4n) is 6.03. The third-order valence-electron chi connectivity index (χ3n) is 8.19. The minimum absolute atomic E-state index is 0.0731. The monoisotopic (exact) mass is 540 g/mol. The Morgan fingerprint density at radius 3 is 2.41 bits per heavy atom. The number of rotatable bonds is 8. The number of aromatic carboxylic acids is 2. The summed E-state index contributed by atoms with van der Waals surface area (Å²) in [6.07, 6.45) is 12.0. The van der Waals surface area contributed by atoms with Crippen LogP contribution in [0.25, 0.3) is 5.57 Å². The highest BCUT2D eigenvalue weighted by Crippen LogP contribution is 2.43. The second-order valence-electron chi connectivity index (χ2n) is 11.1. The topological polar surface area (TPSA) is 90.2 Å². The number of benzene rings is 2. The van der Waals surface area contributed by atoms with Crippen molar-refractivity contribution in [3.63, 3.8) is 0 Å². The summed E-state index contributed by atoms with van der Waals surface area (Å²) in [5, 5.41) is 22.3. The predicted molar refractivity (Wildman–Crippen MR) is 160 cm³/mol. The van der Waals surface area contributed by atoms with Crippen molar-refractivity contribution in [2.24, 2.45) is 4.99 Å². The zero-order chi connectivity index (χ0) is 27.7. The molecule has 5 rings (SSSR count). The van der Waals surface area contributed by atoms with Crippen LogP contribution in [-0.2, 0) is 0 Å². The van der Waals surface area contributed by atoms with Gasteiger partial charge in [-0.3, -0.25) is 4.99 Å². The highest BCUT2D eigenvalue weighted by Gasteiger charge is 2.40. The fraction of sp³-hybridized carbons (Fsp3) is 0.344. The Morgan fingerprint density at radius 2 is 1.72 bits per heavy atom. The fourth-order valence-corrected chi connectivity index (χ4v) is 9.10. The normalized spacial score (nSPS) is 18.7. The number of carboxylic acids is 2. The molecule has 0 atom stereocenters. The van der Waals surface area contributed by atoms with Crippen molar-refractivity contribution in [3.8, 4) is 0 Å². The van der Waals surface area contributed by atoms with E-state index in [1.807, 2.05) is 6.08 Å². The molecule has 0 radical (unpaired) electrons. The molecule has 2 aliphatic heterocycles. The van der Waals surface area contributed by atoms with Gasteiger partial charge >= 0.3 is 11.9 Å². The Labute approximate surface area is 231 Å². The Hall–Kier alpha value is -3.71. The quantitative estimate of drug-likeness (QED) is 0.313. The second-order valence-corrected chi connectivity index (χ2v) is 15.4. The number of allylic oxidation sites excluding steroid dienone is 5. The lowest BCUT2D eigenvalue weighted by Crippen LogP contribution is -2.49. The van der Waals surface area contributed by atoms with Crippen LogP contribution in [0.15, 0.2) is 70.4 Å². The molecule has 0 bridgehead atoms. The SMILES string of the molecule is CCCCCN=C1C=CC2=C(c3cc(C(=O)O)ccc3C(=O)O)c3ccc(N4CCCC4)cc3[Si](C)(C)C2=C1. The standard InChI is InChI=1S/C32H36N2O4Si/c1-4-5-6-15-33-22-10-13-25-28(19-22)39(2,3)29-20-23(34-16-7-8-17-34)11-14-26(29)30(25)27-18-21(31(35)36)9-12-24(27)32(37)38/h9-14,18-20H,4-8,15-17H2,1-3H3,(H,35,36)(H,37,38). The Kier molecular flexibility index (Phi) is 7.45. The first-order valence-electron chi connectivity index (χ1n) is 13.9. The molecule has 7 heteroatoms. The van der Waals surface area contributed by atoms with Crippen molar-refractivity contribution in [1.82, 2.24) is 0 Å². The maximum atomic E-state index is 12.4. The zero-order valence-corrected chi connectivity index (χ0v) is 24.0. The number of anilines is 1. The molecule has 0 unspecified atom stereocenters. The number of unbranched alkanes of at least 4 members (excludes halogenated alkanes) is 2. The van der Waals surface area contributed by atoms with Crippen LogP contribution in [0.1, 0.15) is 70.9 Å². The number of aliphatic imine (C=N–C) groups is 1. The van der Waals surface area contributed by atoms with Gasteiger partial charge in [0.1, 0.15) is 8.07 Å². The van der Waals surface area contributed by atoms with E-state index < -0.39 is 20.0 Å². The number of hydrogen-bond acceptors (Lipinski definition) is 4. The van der Waals surface area contributed by atoms with Crippen LogP contribution in [0.2, 0.25) is 13.1 Å². The summed E-state index contributed by atoms with van der Waals surface area (Å²) < 4.78 is 0. The van der Waals surface area contributed by atoms with Crippen molar-refractivity contribution in [2.75, 3.05) is 24.5 Å². The molecule has 2 N–H and O–H groups in total. The maximum Gasteiger partial charge on any atom is 0.336 e. The zero-order valence-electron chi connectivity index (χ0n) is 23.0. The van der Waals surface area contributed by atoms with Crippen molar-refractivity contribution in [3.05, 3.63) is 87.6 Å². The molecule has 2 aromatic rings. The van der Waals surface area contributed by atoms with E-state index in [2.05, 4.69) is 55.3 Å². The van der Waals surface area contributed by atoms with E-state index in [0.29, 0.717) is 5.56 Å². The third kappa shape index (κ3) is 5.03. The van der Waals surface area contributed by atoms with E-state index in [4.69, 9.17) is 4.99 Å². The summed E-state index contributed by atoms with van der Waals surface area (Å²) in [5.41, 5.74) is 5.53. The van der Waals surface area contributed by atoms with Gasteiger partial charge in [-0.2, -0.15) is 0 Å². The molecule has 1 saturated heterocycles. The van der Waals surface area contributed by atoms with E-state index >= 15 is 0 Å². The predicted octanol–water partition coefficient (Wildman–Crippen LogP) is 6.08. The molecule has 0 saturated carbocycles. The van der Waals surface area contributed by atoms with Crippen molar-refractivity contribution >= 4 is 42.2 Å². The van der Waals surface area contributed by atoms with Gasteiger partial charge in [0, 0.05) is 25.3 Å². The van der Waals surface area contributed by atoms with E-state index in [0.717, 1.165) is 61.3 Å². The molecular formula is C32H36N2O4Si. The number of fused-ring (bicyclic) bond motifs is 2. The molecule has 0 aromatic heterocycles. The molecule has 2 aromatic carbocycles. The maximum absolute atomic E-state index is 12.4. The van der Waals surface area contributed by atoms with Crippen molar-refractivity contribution in [2.45, 2.75) is 52.1 Å². The van der Waals surface area contributed by atoms with Crippen LogP contribution < -0.4 is 10.1 Å². The van der Waals surface area contributed by atoms with Crippen molar-refractivity contribution < 1.29 is 19.8 Å². The Morgan fingerprint density at radius 1 is 0.949 bits per heavy atom. The molecular weight excluding hydrogens is 504 g/mol. The van der Waals surface area contributed by atoms with Crippen LogP contribution in [0, 0.1) is 0 Å². The van der Waals surface area contributed by atoms with Gasteiger partial charge in [-0.15, -0.1) is 0 Å². The molecule has 1 fully saturated rings. The highest BCUT2D eigenvalue weighted by molar-refractivity contribution is 6.98. The van der Waals surface area contributed by atoms with Crippen LogP contribution >= 0.6 is 0 Å². The Bertz CT molecular complexity index is 1460. The minimum Gasteiger partial charge on any atom is -0.478 e. The van der Waals surface area contributed by atoms with E-state index in [1.54, 1.807) is 0 Å². The average molecular weight is 541 g/mol. The summed E-state index contributed by atoms with van der Waals surface area (Å²) in [6, 6.07) is 10.9. The van der Waals surface area contributed by atoms with Gasteiger partial charge in [0.2, 0.25) is 0 Å². The van der Waals surface area contributed by atoms with Crippen LogP contribution in [0.5, 0.6) is 0 Å². The second kappa shape index (κ2) is 10.8. The molecule has 2 heterocycles. The first-order valence-corrected chi connectivity index (χ1v) is 16.9. The van der Waals surface area contributed by atoms with Gasteiger partial charge < -0.3 is 15.1 Å². The minimum atomic E-state index is -2.23. The van der Waals surface area contributed by atoms with Crippen molar-refractivity contribution in [1.29, 1.82) is 0 Å². The van der Waals surface area contributed by atoms with Gasteiger partial charge in [-0.05, 0) is 94.4 Å². The van der Waals surface area contributed by atoms with E-state index in [9.17, 15) is 19.8 Å². The molecule has 0 spiro atoms. The lowest BCUT2D eigenvalue weighted by molar-refractivity contribution is 0.0681. The molecule has 39 heavy (non-hydrogen) atoms. The summed E-state index contributed by atoms with van der Waals surface area (Å²) in [7, 11) is -2.23. The summed E-state index contributed by atoms with van der Waals surface area (Å²) in [6.45, 7) is 9.74. The number of carbonyl (C=O) groups is 2.